The predicted octanol–water partition coefficient (Wildman–Crippen LogP) is 5.19. The van der Waals surface area contributed by atoms with E-state index in [9.17, 15) is 0 Å². The van der Waals surface area contributed by atoms with Gasteiger partial charge in [0.1, 0.15) is 6.61 Å². The zero-order valence-electron chi connectivity index (χ0n) is 12.3. The molecule has 0 radical (unpaired) electrons. The zero-order valence-corrected chi connectivity index (χ0v) is 12.3. The van der Waals surface area contributed by atoms with Crippen LogP contribution in [0.25, 0.3) is 32.9 Å². The quantitative estimate of drug-likeness (QED) is 0.472. The van der Waals surface area contributed by atoms with Crippen LogP contribution in [-0.4, -0.2) is 4.98 Å². The minimum atomic E-state index is 0.636. The summed E-state index contributed by atoms with van der Waals surface area (Å²) in [6.45, 7) is 2.75. The smallest absolute Gasteiger partial charge is 0.151 e. The maximum Gasteiger partial charge on any atom is 0.151 e. The fourth-order valence-corrected chi connectivity index (χ4v) is 3.48. The molecule has 1 aliphatic heterocycles. The molecule has 4 aromatic rings. The zero-order chi connectivity index (χ0) is 14.7. The average Bonchev–Trinajstić information content (AvgIpc) is 2.92. The molecule has 1 aliphatic rings. The highest BCUT2D eigenvalue weighted by atomic mass is 16.5. The van der Waals surface area contributed by atoms with Crippen molar-refractivity contribution in [3.63, 3.8) is 0 Å². The van der Waals surface area contributed by atoms with Gasteiger partial charge in [0.25, 0.3) is 0 Å². The van der Waals surface area contributed by atoms with E-state index in [4.69, 9.17) is 4.74 Å². The molecule has 0 amide bonds. The summed E-state index contributed by atoms with van der Waals surface area (Å²) in [6.07, 6.45) is 0. The van der Waals surface area contributed by atoms with Gasteiger partial charge in [0.05, 0.1) is 5.52 Å². The molecule has 0 saturated carbocycles. The van der Waals surface area contributed by atoms with Gasteiger partial charge in [-0.3, -0.25) is 0 Å². The number of benzene rings is 3. The number of hydrogen-bond donors (Lipinski definition) is 1. The van der Waals surface area contributed by atoms with Crippen LogP contribution >= 0.6 is 0 Å². The summed E-state index contributed by atoms with van der Waals surface area (Å²) >= 11 is 0. The van der Waals surface area contributed by atoms with E-state index in [-0.39, 0.29) is 0 Å². The minimum absolute atomic E-state index is 0.636. The maximum atomic E-state index is 6.09. The van der Waals surface area contributed by atoms with E-state index in [2.05, 4.69) is 66.5 Å². The Morgan fingerprint density at radius 3 is 2.73 bits per heavy atom. The Morgan fingerprint density at radius 1 is 0.909 bits per heavy atom. The molecule has 0 spiro atoms. The molecule has 106 valence electrons. The lowest BCUT2D eigenvalue weighted by molar-refractivity contribution is 0.305. The van der Waals surface area contributed by atoms with Gasteiger partial charge < -0.3 is 9.72 Å². The topological polar surface area (TPSA) is 25.0 Å². The Morgan fingerprint density at radius 2 is 1.77 bits per heavy atom. The van der Waals surface area contributed by atoms with Gasteiger partial charge in [-0.2, -0.15) is 0 Å². The summed E-state index contributed by atoms with van der Waals surface area (Å²) in [5, 5.41) is 2.49. The van der Waals surface area contributed by atoms with Crippen LogP contribution in [0, 0.1) is 6.92 Å². The largest absolute Gasteiger partial charge is 0.486 e. The van der Waals surface area contributed by atoms with Crippen LogP contribution < -0.4 is 4.74 Å². The summed E-state index contributed by atoms with van der Waals surface area (Å²) in [7, 11) is 0. The highest BCUT2D eigenvalue weighted by Crippen LogP contribution is 2.43. The molecule has 1 aromatic heterocycles. The van der Waals surface area contributed by atoms with Crippen LogP contribution in [0.1, 0.15) is 11.1 Å². The lowest BCUT2D eigenvalue weighted by Gasteiger charge is -2.21. The maximum absolute atomic E-state index is 6.09. The van der Waals surface area contributed by atoms with Crippen molar-refractivity contribution in [2.24, 2.45) is 0 Å². The number of H-pyrrole nitrogens is 1. The number of rotatable bonds is 0. The van der Waals surface area contributed by atoms with Gasteiger partial charge in [-0.05, 0) is 35.7 Å². The number of ether oxygens (including phenoxy) is 1. The molecule has 0 bridgehead atoms. The van der Waals surface area contributed by atoms with Gasteiger partial charge in [0, 0.05) is 21.9 Å². The first-order chi connectivity index (χ1) is 10.8. The summed E-state index contributed by atoms with van der Waals surface area (Å²) in [6, 6.07) is 19.4. The fraction of sp³-hybridized carbons (Fsp3) is 0.100. The number of aromatic amines is 1. The van der Waals surface area contributed by atoms with E-state index in [0.29, 0.717) is 6.61 Å². The van der Waals surface area contributed by atoms with Crippen molar-refractivity contribution in [1.29, 1.82) is 0 Å². The summed E-state index contributed by atoms with van der Waals surface area (Å²) in [5.74, 6) is 0.977. The van der Waals surface area contributed by atoms with Crippen molar-refractivity contribution in [1.82, 2.24) is 4.98 Å². The van der Waals surface area contributed by atoms with Gasteiger partial charge >= 0.3 is 0 Å². The highest BCUT2D eigenvalue weighted by Gasteiger charge is 2.20. The Bertz CT molecular complexity index is 1040. The van der Waals surface area contributed by atoms with Crippen LogP contribution in [0.3, 0.4) is 0 Å². The molecule has 0 fully saturated rings. The SMILES string of the molecule is Cc1ccc2c(c1)[nH]c1c3c(ccc12)-c1ccccc1CO3. The molecule has 3 aromatic carbocycles. The second-order valence-electron chi connectivity index (χ2n) is 5.98. The van der Waals surface area contributed by atoms with Crippen molar-refractivity contribution in [2.75, 3.05) is 0 Å². The van der Waals surface area contributed by atoms with Crippen molar-refractivity contribution in [3.8, 4) is 16.9 Å². The van der Waals surface area contributed by atoms with Crippen molar-refractivity contribution in [2.45, 2.75) is 13.5 Å². The van der Waals surface area contributed by atoms with Crippen molar-refractivity contribution >= 4 is 21.8 Å². The molecule has 22 heavy (non-hydrogen) atoms. The number of fused-ring (bicyclic) bond motifs is 7. The fourth-order valence-electron chi connectivity index (χ4n) is 3.48. The molecular weight excluding hydrogens is 270 g/mol. The molecule has 0 saturated heterocycles. The van der Waals surface area contributed by atoms with E-state index < -0.39 is 0 Å². The second-order valence-corrected chi connectivity index (χ2v) is 5.98. The molecule has 5 rings (SSSR count). The van der Waals surface area contributed by atoms with E-state index in [1.54, 1.807) is 0 Å². The summed E-state index contributed by atoms with van der Waals surface area (Å²) < 4.78 is 6.09. The number of aromatic nitrogens is 1. The van der Waals surface area contributed by atoms with E-state index >= 15 is 0 Å². The molecule has 0 unspecified atom stereocenters. The third-order valence-corrected chi connectivity index (χ3v) is 4.56. The van der Waals surface area contributed by atoms with E-state index in [1.165, 1.54) is 38.5 Å². The molecular formula is C20H15NO. The van der Waals surface area contributed by atoms with E-state index in [1.807, 2.05) is 0 Å². The van der Waals surface area contributed by atoms with Crippen LogP contribution in [0.2, 0.25) is 0 Å². The van der Waals surface area contributed by atoms with Crippen LogP contribution in [0.5, 0.6) is 5.75 Å². The molecule has 0 atom stereocenters. The molecule has 2 nitrogen and oxygen atoms in total. The Kier molecular flexibility index (Phi) is 2.23. The first-order valence-corrected chi connectivity index (χ1v) is 7.57. The molecule has 2 heterocycles. The lowest BCUT2D eigenvalue weighted by atomic mass is 9.96. The van der Waals surface area contributed by atoms with Gasteiger partial charge in [0.15, 0.2) is 5.75 Å². The monoisotopic (exact) mass is 285 g/mol. The minimum Gasteiger partial charge on any atom is -0.486 e. The summed E-state index contributed by atoms with van der Waals surface area (Å²) in [5.41, 5.74) is 7.25. The predicted molar refractivity (Wildman–Crippen MR) is 90.3 cm³/mol. The van der Waals surface area contributed by atoms with Crippen LogP contribution in [-0.2, 0) is 6.61 Å². The molecule has 1 N–H and O–H groups in total. The Labute approximate surface area is 128 Å². The summed E-state index contributed by atoms with van der Waals surface area (Å²) in [4.78, 5) is 3.55. The van der Waals surface area contributed by atoms with Crippen LogP contribution in [0.15, 0.2) is 54.6 Å². The van der Waals surface area contributed by atoms with Gasteiger partial charge in [-0.25, -0.2) is 0 Å². The van der Waals surface area contributed by atoms with Crippen LogP contribution in [0.4, 0.5) is 0 Å². The number of aryl methyl sites for hydroxylation is 1. The second kappa shape index (κ2) is 4.14. The first-order valence-electron chi connectivity index (χ1n) is 7.57. The highest BCUT2D eigenvalue weighted by molar-refractivity contribution is 6.11. The Hall–Kier alpha value is -2.74. The normalized spacial score (nSPS) is 13.0. The van der Waals surface area contributed by atoms with Gasteiger partial charge in [-0.1, -0.05) is 42.5 Å². The lowest BCUT2D eigenvalue weighted by Crippen LogP contribution is -2.05. The number of hydrogen-bond acceptors (Lipinski definition) is 1. The standard InChI is InChI=1S/C20H15NO/c1-12-6-7-15-16-8-9-17-14-5-3-2-4-13(14)11-22-20(17)19(16)21-18(15)10-12/h2-10,21H,11H2,1H3. The van der Waals surface area contributed by atoms with Gasteiger partial charge in [-0.15, -0.1) is 0 Å². The van der Waals surface area contributed by atoms with Crippen molar-refractivity contribution < 1.29 is 4.74 Å². The van der Waals surface area contributed by atoms with Gasteiger partial charge in [0.2, 0.25) is 0 Å². The molecule has 2 heteroatoms. The third kappa shape index (κ3) is 1.49. The number of nitrogens with one attached hydrogen (secondary N) is 1. The Balaban J connectivity index is 1.89. The van der Waals surface area contributed by atoms with E-state index in [0.717, 1.165) is 11.3 Å². The first kappa shape index (κ1) is 11.9. The van der Waals surface area contributed by atoms with Crippen molar-refractivity contribution in [3.05, 3.63) is 65.7 Å². The average molecular weight is 285 g/mol. The third-order valence-electron chi connectivity index (χ3n) is 4.56. The molecule has 0 aliphatic carbocycles.